The minimum Gasteiger partial charge on any atom is -0.501 e. The Balaban J connectivity index is 3.13. The lowest BCUT2D eigenvalue weighted by Crippen LogP contribution is -2.17. The van der Waals surface area contributed by atoms with Crippen LogP contribution < -0.4 is 4.74 Å². The quantitative estimate of drug-likeness (QED) is 0.596. The van der Waals surface area contributed by atoms with E-state index >= 15 is 0 Å². The molecule has 0 aliphatic rings. The molecule has 0 aromatic carbocycles. The van der Waals surface area contributed by atoms with Crippen LogP contribution in [0.2, 0.25) is 5.02 Å². The van der Waals surface area contributed by atoms with Crippen molar-refractivity contribution < 1.29 is 27.4 Å². The molecule has 0 spiro atoms. The van der Waals surface area contributed by atoms with Crippen molar-refractivity contribution in [1.29, 1.82) is 0 Å². The van der Waals surface area contributed by atoms with Gasteiger partial charge in [-0.25, -0.2) is 4.98 Å². The van der Waals surface area contributed by atoms with Gasteiger partial charge in [0.05, 0.1) is 6.20 Å². The predicted octanol–water partition coefficient (Wildman–Crippen LogP) is 2.48. The fourth-order valence-corrected chi connectivity index (χ4v) is 0.830. The van der Waals surface area contributed by atoms with Crippen molar-refractivity contribution in [1.82, 2.24) is 4.98 Å². The standard InChI is InChI=1S/C6H2ClF4NO2/c7-2-1-12-5(8)3(13)4(2)14-6(9,10)11/h1,13H. The van der Waals surface area contributed by atoms with E-state index in [4.69, 9.17) is 16.7 Å². The van der Waals surface area contributed by atoms with Crippen molar-refractivity contribution in [2.24, 2.45) is 0 Å². The van der Waals surface area contributed by atoms with Gasteiger partial charge in [-0.15, -0.1) is 13.2 Å². The number of pyridine rings is 1. The molecule has 1 rings (SSSR count). The average molecular weight is 232 g/mol. The van der Waals surface area contributed by atoms with Crippen LogP contribution in [0.15, 0.2) is 6.20 Å². The normalized spacial score (nSPS) is 11.5. The van der Waals surface area contributed by atoms with Crippen molar-refractivity contribution in [3.8, 4) is 11.5 Å². The number of aromatic nitrogens is 1. The first-order valence-corrected chi connectivity index (χ1v) is 3.48. The number of halogens is 5. The van der Waals surface area contributed by atoms with E-state index in [-0.39, 0.29) is 0 Å². The number of aromatic hydroxyl groups is 1. The molecular weight excluding hydrogens is 230 g/mol. The van der Waals surface area contributed by atoms with Gasteiger partial charge in [-0.3, -0.25) is 0 Å². The summed E-state index contributed by atoms with van der Waals surface area (Å²) < 4.78 is 50.8. The minimum absolute atomic E-state index is 0.595. The van der Waals surface area contributed by atoms with E-state index in [1.165, 1.54) is 0 Å². The number of ether oxygens (including phenoxy) is 1. The topological polar surface area (TPSA) is 42.4 Å². The number of rotatable bonds is 1. The largest absolute Gasteiger partial charge is 0.573 e. The molecule has 0 aliphatic heterocycles. The Labute approximate surface area is 79.9 Å². The summed E-state index contributed by atoms with van der Waals surface area (Å²) in [6.07, 6.45) is -4.47. The number of nitrogens with zero attached hydrogens (tertiary/aromatic N) is 1. The van der Waals surface area contributed by atoms with Crippen LogP contribution in [0.1, 0.15) is 0 Å². The van der Waals surface area contributed by atoms with Crippen molar-refractivity contribution in [2.75, 3.05) is 0 Å². The number of hydrogen-bond acceptors (Lipinski definition) is 3. The van der Waals surface area contributed by atoms with Crippen LogP contribution in [0.25, 0.3) is 0 Å². The highest BCUT2D eigenvalue weighted by Crippen LogP contribution is 2.38. The van der Waals surface area contributed by atoms with E-state index in [2.05, 4.69) is 9.72 Å². The van der Waals surface area contributed by atoms with Gasteiger partial charge in [0.15, 0.2) is 5.75 Å². The first-order chi connectivity index (χ1) is 6.31. The molecule has 0 saturated carbocycles. The van der Waals surface area contributed by atoms with Crippen LogP contribution in [0.4, 0.5) is 17.6 Å². The molecule has 0 saturated heterocycles. The predicted molar refractivity (Wildman–Crippen MR) is 37.6 cm³/mol. The van der Waals surface area contributed by atoms with Crippen LogP contribution in [0, 0.1) is 5.95 Å². The van der Waals surface area contributed by atoms with E-state index in [9.17, 15) is 17.6 Å². The van der Waals surface area contributed by atoms with Crippen LogP contribution in [-0.4, -0.2) is 16.5 Å². The van der Waals surface area contributed by atoms with Gasteiger partial charge >= 0.3 is 6.36 Å². The van der Waals surface area contributed by atoms with E-state index in [1.54, 1.807) is 0 Å². The van der Waals surface area contributed by atoms with Crippen molar-refractivity contribution in [3.05, 3.63) is 17.2 Å². The molecule has 1 N–H and O–H groups in total. The lowest BCUT2D eigenvalue weighted by Gasteiger charge is -2.11. The van der Waals surface area contributed by atoms with Crippen LogP contribution in [-0.2, 0) is 0 Å². The van der Waals surface area contributed by atoms with Crippen molar-refractivity contribution >= 4 is 11.6 Å². The second-order valence-corrected chi connectivity index (χ2v) is 2.53. The Morgan fingerprint density at radius 2 is 2.00 bits per heavy atom. The zero-order valence-corrected chi connectivity index (χ0v) is 7.03. The summed E-state index contributed by atoms with van der Waals surface area (Å²) in [7, 11) is 0. The molecule has 1 aromatic rings. The van der Waals surface area contributed by atoms with E-state index < -0.39 is 28.8 Å². The van der Waals surface area contributed by atoms with Gasteiger partial charge in [0.2, 0.25) is 5.75 Å². The maximum absolute atomic E-state index is 12.5. The smallest absolute Gasteiger partial charge is 0.501 e. The van der Waals surface area contributed by atoms with E-state index in [1.807, 2.05) is 0 Å². The molecule has 0 amide bonds. The molecule has 0 atom stereocenters. The summed E-state index contributed by atoms with van der Waals surface area (Å²) in [5.74, 6) is -4.07. The summed E-state index contributed by atoms with van der Waals surface area (Å²) in [5.41, 5.74) is 0. The van der Waals surface area contributed by atoms with Gasteiger partial charge in [0.1, 0.15) is 5.02 Å². The molecule has 0 fully saturated rings. The number of hydrogen-bond donors (Lipinski definition) is 1. The molecule has 0 bridgehead atoms. The average Bonchev–Trinajstić information content (AvgIpc) is 2.04. The molecule has 0 aliphatic carbocycles. The SMILES string of the molecule is Oc1c(F)ncc(Cl)c1OC(F)(F)F. The van der Waals surface area contributed by atoms with Gasteiger partial charge < -0.3 is 9.84 Å². The summed E-state index contributed by atoms with van der Waals surface area (Å²) in [5, 5.41) is 8.16. The zero-order valence-electron chi connectivity index (χ0n) is 6.27. The second-order valence-electron chi connectivity index (χ2n) is 2.12. The molecule has 8 heteroatoms. The number of alkyl halides is 3. The van der Waals surface area contributed by atoms with Crippen LogP contribution >= 0.6 is 11.6 Å². The van der Waals surface area contributed by atoms with Crippen molar-refractivity contribution in [2.45, 2.75) is 6.36 Å². The van der Waals surface area contributed by atoms with Gasteiger partial charge in [0.25, 0.3) is 5.95 Å². The fraction of sp³-hybridized carbons (Fsp3) is 0.167. The second kappa shape index (κ2) is 3.49. The van der Waals surface area contributed by atoms with Crippen LogP contribution in [0.3, 0.4) is 0 Å². The monoisotopic (exact) mass is 231 g/mol. The molecular formula is C6H2ClF4NO2. The summed E-state index contributed by atoms with van der Waals surface area (Å²) >= 11 is 5.19. The summed E-state index contributed by atoms with van der Waals surface area (Å²) in [4.78, 5) is 2.87. The Hall–Kier alpha value is -1.24. The van der Waals surface area contributed by atoms with Gasteiger partial charge in [-0.1, -0.05) is 11.6 Å². The van der Waals surface area contributed by atoms with Crippen LogP contribution in [0.5, 0.6) is 11.5 Å². The first-order valence-electron chi connectivity index (χ1n) is 3.10. The lowest BCUT2D eigenvalue weighted by molar-refractivity contribution is -0.275. The first kappa shape index (κ1) is 10.8. The Morgan fingerprint density at radius 1 is 1.43 bits per heavy atom. The maximum Gasteiger partial charge on any atom is 0.573 e. The molecule has 1 heterocycles. The van der Waals surface area contributed by atoms with Gasteiger partial charge in [-0.05, 0) is 0 Å². The molecule has 0 unspecified atom stereocenters. The van der Waals surface area contributed by atoms with Gasteiger partial charge in [0, 0.05) is 0 Å². The van der Waals surface area contributed by atoms with E-state index in [0.717, 1.165) is 0 Å². The molecule has 14 heavy (non-hydrogen) atoms. The Bertz CT molecular complexity index is 354. The summed E-state index contributed by atoms with van der Waals surface area (Å²) in [6.45, 7) is 0. The third kappa shape index (κ3) is 2.38. The molecule has 78 valence electrons. The molecule has 3 nitrogen and oxygen atoms in total. The third-order valence-electron chi connectivity index (χ3n) is 1.14. The lowest BCUT2D eigenvalue weighted by atomic mass is 10.4. The Morgan fingerprint density at radius 3 is 2.50 bits per heavy atom. The third-order valence-corrected chi connectivity index (χ3v) is 1.41. The molecule has 0 radical (unpaired) electrons. The van der Waals surface area contributed by atoms with E-state index in [0.29, 0.717) is 6.20 Å². The molecule has 1 aromatic heterocycles. The maximum atomic E-state index is 12.5. The fourth-order valence-electron chi connectivity index (χ4n) is 0.653. The Kier molecular flexibility index (Phi) is 2.70. The van der Waals surface area contributed by atoms with Crippen molar-refractivity contribution in [3.63, 3.8) is 0 Å². The van der Waals surface area contributed by atoms with Gasteiger partial charge in [-0.2, -0.15) is 4.39 Å². The zero-order chi connectivity index (χ0) is 10.9. The summed E-state index contributed by atoms with van der Waals surface area (Å²) in [6, 6.07) is 0. The highest BCUT2D eigenvalue weighted by molar-refractivity contribution is 6.32. The minimum atomic E-state index is -5.06. The highest BCUT2D eigenvalue weighted by atomic mass is 35.5. The highest BCUT2D eigenvalue weighted by Gasteiger charge is 2.34.